The largest absolute Gasteiger partial charge is 0.478 e. The molecule has 12 nitrogen and oxygen atoms in total. The number of hydrogen-bond donors (Lipinski definition) is 4. The summed E-state index contributed by atoms with van der Waals surface area (Å²) >= 11 is 0. The van der Waals surface area contributed by atoms with Gasteiger partial charge in [0.05, 0.1) is 23.2 Å². The van der Waals surface area contributed by atoms with Crippen LogP contribution in [-0.2, 0) is 14.4 Å². The van der Waals surface area contributed by atoms with Crippen molar-refractivity contribution in [3.8, 4) is 0 Å². The molecule has 3 aliphatic heterocycles. The molecule has 2 aromatic carbocycles. The number of nitrogens with zero attached hydrogens (tertiary/aromatic N) is 2. The highest BCUT2D eigenvalue weighted by atomic mass is 16.4. The van der Waals surface area contributed by atoms with Gasteiger partial charge in [0.15, 0.2) is 0 Å². The SMILES string of the molecule is O=C(CN1CCC(c2ccc(C(=O)O)cc2)CC1)NCCNc1cccc2c1C(=O)N(C1CCC(=O)NC1=O)C2=O. The second kappa shape index (κ2) is 11.9. The minimum absolute atomic E-state index is 0.0506. The third-order valence-electron chi connectivity index (χ3n) is 7.81. The van der Waals surface area contributed by atoms with E-state index < -0.39 is 35.6 Å². The number of likely N-dealkylation sites (tertiary alicyclic amines) is 1. The number of amides is 5. The van der Waals surface area contributed by atoms with E-state index in [1.54, 1.807) is 24.3 Å². The van der Waals surface area contributed by atoms with Gasteiger partial charge in [-0.15, -0.1) is 0 Å². The third kappa shape index (κ3) is 5.97. The van der Waals surface area contributed by atoms with Crippen molar-refractivity contribution in [1.29, 1.82) is 0 Å². The Morgan fingerprint density at radius 3 is 2.34 bits per heavy atom. The van der Waals surface area contributed by atoms with Crippen LogP contribution < -0.4 is 16.0 Å². The van der Waals surface area contributed by atoms with Crippen LogP contribution in [0.5, 0.6) is 0 Å². The highest BCUT2D eigenvalue weighted by Crippen LogP contribution is 2.32. The Morgan fingerprint density at radius 2 is 1.66 bits per heavy atom. The first-order chi connectivity index (χ1) is 19.7. The summed E-state index contributed by atoms with van der Waals surface area (Å²) in [4.78, 5) is 76.5. The quantitative estimate of drug-likeness (QED) is 0.260. The van der Waals surface area contributed by atoms with Crippen molar-refractivity contribution >= 4 is 41.2 Å². The molecule has 1 unspecified atom stereocenters. The van der Waals surface area contributed by atoms with E-state index in [0.29, 0.717) is 24.7 Å². The summed E-state index contributed by atoms with van der Waals surface area (Å²) in [5.74, 6) is -2.99. The number of carboxylic acids is 1. The van der Waals surface area contributed by atoms with Crippen LogP contribution in [-0.4, -0.2) is 89.2 Å². The van der Waals surface area contributed by atoms with E-state index in [0.717, 1.165) is 36.4 Å². The number of imide groups is 2. The highest BCUT2D eigenvalue weighted by molar-refractivity contribution is 6.25. The number of nitrogens with one attached hydrogen (secondary N) is 3. The molecule has 1 atom stereocenters. The molecule has 0 radical (unpaired) electrons. The molecule has 0 aromatic heterocycles. The number of carbonyl (C=O) groups excluding carboxylic acids is 5. The van der Waals surface area contributed by atoms with Crippen LogP contribution in [0.25, 0.3) is 0 Å². The van der Waals surface area contributed by atoms with E-state index in [-0.39, 0.29) is 42.0 Å². The van der Waals surface area contributed by atoms with E-state index in [2.05, 4.69) is 20.9 Å². The topological polar surface area (TPSA) is 165 Å². The van der Waals surface area contributed by atoms with Gasteiger partial charge in [0.1, 0.15) is 6.04 Å². The van der Waals surface area contributed by atoms with Crippen molar-refractivity contribution in [2.45, 2.75) is 37.6 Å². The van der Waals surface area contributed by atoms with E-state index in [1.165, 1.54) is 6.07 Å². The number of anilines is 1. The molecule has 2 fully saturated rings. The molecular formula is C29H31N5O7. The standard InChI is InChI=1S/C29H31N5O7/c35-23-9-8-22(26(37)32-23)34-27(38)20-2-1-3-21(25(20)28(34)39)30-12-13-31-24(36)16-33-14-10-18(11-15-33)17-4-6-19(7-5-17)29(40)41/h1-7,18,22,30H,8-16H2,(H,31,36)(H,40,41)(H,32,35,37). The van der Waals surface area contributed by atoms with Gasteiger partial charge in [0, 0.05) is 25.2 Å². The van der Waals surface area contributed by atoms with Crippen LogP contribution in [0.4, 0.5) is 5.69 Å². The number of benzene rings is 2. The fourth-order valence-corrected chi connectivity index (χ4v) is 5.64. The van der Waals surface area contributed by atoms with Crippen LogP contribution in [0.3, 0.4) is 0 Å². The van der Waals surface area contributed by atoms with Crippen molar-refractivity contribution < 1.29 is 33.9 Å². The molecule has 2 aromatic rings. The minimum atomic E-state index is -1.03. The molecule has 0 aliphatic carbocycles. The normalized spacial score (nSPS) is 19.6. The lowest BCUT2D eigenvalue weighted by Crippen LogP contribution is -2.54. The van der Waals surface area contributed by atoms with Crippen LogP contribution in [0.15, 0.2) is 42.5 Å². The van der Waals surface area contributed by atoms with Crippen LogP contribution >= 0.6 is 0 Å². The van der Waals surface area contributed by atoms with E-state index in [9.17, 15) is 28.8 Å². The van der Waals surface area contributed by atoms with Gasteiger partial charge in [0.2, 0.25) is 17.7 Å². The molecule has 214 valence electrons. The summed E-state index contributed by atoms with van der Waals surface area (Å²) in [5, 5.41) is 17.2. The van der Waals surface area contributed by atoms with E-state index >= 15 is 0 Å². The van der Waals surface area contributed by atoms with Crippen LogP contribution in [0, 0.1) is 0 Å². The second-order valence-electron chi connectivity index (χ2n) is 10.4. The number of carbonyl (C=O) groups is 6. The zero-order valence-electron chi connectivity index (χ0n) is 22.4. The molecule has 5 amide bonds. The minimum Gasteiger partial charge on any atom is -0.478 e. The summed E-state index contributed by atoms with van der Waals surface area (Å²) in [5.41, 5.74) is 2.17. The van der Waals surface area contributed by atoms with Crippen molar-refractivity contribution in [1.82, 2.24) is 20.4 Å². The lowest BCUT2D eigenvalue weighted by Gasteiger charge is -2.31. The number of carboxylic acid groups (broad SMARTS) is 1. The Morgan fingerprint density at radius 1 is 0.927 bits per heavy atom. The first-order valence-electron chi connectivity index (χ1n) is 13.6. The predicted molar refractivity (Wildman–Crippen MR) is 146 cm³/mol. The molecule has 0 spiro atoms. The summed E-state index contributed by atoms with van der Waals surface area (Å²) in [6, 6.07) is 10.8. The summed E-state index contributed by atoms with van der Waals surface area (Å²) < 4.78 is 0. The predicted octanol–water partition coefficient (Wildman–Crippen LogP) is 1.19. The van der Waals surface area contributed by atoms with Crippen molar-refractivity contribution in [2.75, 3.05) is 38.0 Å². The molecule has 4 N–H and O–H groups in total. The van der Waals surface area contributed by atoms with Crippen LogP contribution in [0.2, 0.25) is 0 Å². The second-order valence-corrected chi connectivity index (χ2v) is 10.4. The molecule has 41 heavy (non-hydrogen) atoms. The Balaban J connectivity index is 1.08. The maximum atomic E-state index is 13.2. The zero-order chi connectivity index (χ0) is 29.1. The lowest BCUT2D eigenvalue weighted by atomic mass is 9.89. The molecule has 3 aliphatic rings. The van der Waals surface area contributed by atoms with Gasteiger partial charge < -0.3 is 15.7 Å². The smallest absolute Gasteiger partial charge is 0.335 e. The Bertz CT molecular complexity index is 1400. The molecule has 0 saturated carbocycles. The summed E-state index contributed by atoms with van der Waals surface area (Å²) in [7, 11) is 0. The highest BCUT2D eigenvalue weighted by Gasteiger charge is 2.45. The summed E-state index contributed by atoms with van der Waals surface area (Å²) in [6.45, 7) is 2.39. The maximum Gasteiger partial charge on any atom is 0.335 e. The maximum absolute atomic E-state index is 13.2. The van der Waals surface area contributed by atoms with Crippen LogP contribution in [0.1, 0.15) is 68.2 Å². The van der Waals surface area contributed by atoms with Gasteiger partial charge in [-0.05, 0) is 68.1 Å². The lowest BCUT2D eigenvalue weighted by molar-refractivity contribution is -0.136. The summed E-state index contributed by atoms with van der Waals surface area (Å²) in [6.07, 6.45) is 1.89. The average molecular weight is 562 g/mol. The molecular weight excluding hydrogens is 530 g/mol. The third-order valence-corrected chi connectivity index (χ3v) is 7.81. The average Bonchev–Trinajstić information content (AvgIpc) is 3.21. The fraction of sp³-hybridized carbons (Fsp3) is 0.379. The molecule has 3 heterocycles. The van der Waals surface area contributed by atoms with Crippen molar-refractivity contribution in [3.05, 3.63) is 64.7 Å². The Hall–Kier alpha value is -4.58. The molecule has 0 bridgehead atoms. The van der Waals surface area contributed by atoms with Gasteiger partial charge in [0.25, 0.3) is 11.8 Å². The van der Waals surface area contributed by atoms with Gasteiger partial charge in [-0.3, -0.25) is 39.1 Å². The fourth-order valence-electron chi connectivity index (χ4n) is 5.64. The number of fused-ring (bicyclic) bond motifs is 1. The Labute approximate surface area is 236 Å². The molecule has 2 saturated heterocycles. The number of hydrogen-bond acceptors (Lipinski definition) is 8. The first-order valence-corrected chi connectivity index (χ1v) is 13.6. The number of rotatable bonds is 9. The van der Waals surface area contributed by atoms with Gasteiger partial charge >= 0.3 is 5.97 Å². The zero-order valence-corrected chi connectivity index (χ0v) is 22.4. The number of piperidine rings is 2. The number of aromatic carboxylic acids is 1. The molecule has 12 heteroatoms. The van der Waals surface area contributed by atoms with E-state index in [4.69, 9.17) is 5.11 Å². The Kier molecular flexibility index (Phi) is 8.11. The monoisotopic (exact) mass is 561 g/mol. The van der Waals surface area contributed by atoms with Crippen molar-refractivity contribution in [2.24, 2.45) is 0 Å². The molecule has 5 rings (SSSR count). The van der Waals surface area contributed by atoms with Gasteiger partial charge in [-0.25, -0.2) is 4.79 Å². The van der Waals surface area contributed by atoms with Crippen molar-refractivity contribution in [3.63, 3.8) is 0 Å². The van der Waals surface area contributed by atoms with Gasteiger partial charge in [-0.2, -0.15) is 0 Å². The van der Waals surface area contributed by atoms with Gasteiger partial charge in [-0.1, -0.05) is 18.2 Å². The first kappa shape index (κ1) is 28.0. The van der Waals surface area contributed by atoms with E-state index in [1.807, 2.05) is 12.1 Å².